The smallest absolute Gasteiger partial charge is 0.243 e. The SMILES string of the molecule is CN(C)C(=O)CN=C(NCCNS(C)(=O)=O)N1CCC2(CCCCC2)C1.I. The fourth-order valence-corrected chi connectivity index (χ4v) is 4.26. The Morgan fingerprint density at radius 2 is 1.81 bits per heavy atom. The number of carbonyl (C=O) groups is 1. The molecule has 158 valence electrons. The molecule has 0 radical (unpaired) electrons. The van der Waals surface area contributed by atoms with Crippen molar-refractivity contribution < 1.29 is 13.2 Å². The van der Waals surface area contributed by atoms with Crippen LogP contribution in [-0.4, -0.2) is 83.2 Å². The van der Waals surface area contributed by atoms with Gasteiger partial charge in [0, 0.05) is 40.3 Å². The molecule has 1 aliphatic heterocycles. The normalized spacial score (nSPS) is 19.7. The predicted octanol–water partition coefficient (Wildman–Crippen LogP) is 0.844. The van der Waals surface area contributed by atoms with Crippen LogP contribution >= 0.6 is 24.0 Å². The number of hydrogen-bond donors (Lipinski definition) is 2. The molecule has 0 unspecified atom stereocenters. The van der Waals surface area contributed by atoms with E-state index in [9.17, 15) is 13.2 Å². The average Bonchev–Trinajstić information content (AvgIpc) is 2.96. The van der Waals surface area contributed by atoms with Gasteiger partial charge in [-0.25, -0.2) is 18.1 Å². The molecule has 0 aromatic rings. The molecule has 10 heteroatoms. The highest BCUT2D eigenvalue weighted by Crippen LogP contribution is 2.43. The van der Waals surface area contributed by atoms with E-state index in [1.165, 1.54) is 37.0 Å². The first-order valence-electron chi connectivity index (χ1n) is 9.39. The molecule has 27 heavy (non-hydrogen) atoms. The van der Waals surface area contributed by atoms with Crippen molar-refractivity contribution in [3.05, 3.63) is 0 Å². The maximum Gasteiger partial charge on any atom is 0.243 e. The summed E-state index contributed by atoms with van der Waals surface area (Å²) < 4.78 is 24.9. The third-order valence-electron chi connectivity index (χ3n) is 5.29. The summed E-state index contributed by atoms with van der Waals surface area (Å²) in [4.78, 5) is 20.2. The summed E-state index contributed by atoms with van der Waals surface area (Å²) in [7, 11) is 0.228. The van der Waals surface area contributed by atoms with Crippen LogP contribution in [-0.2, 0) is 14.8 Å². The molecule has 2 aliphatic rings. The Morgan fingerprint density at radius 3 is 2.41 bits per heavy atom. The van der Waals surface area contributed by atoms with Gasteiger partial charge in [0.05, 0.1) is 6.26 Å². The van der Waals surface area contributed by atoms with E-state index in [0.29, 0.717) is 24.5 Å². The number of nitrogens with one attached hydrogen (secondary N) is 2. The van der Waals surface area contributed by atoms with Crippen molar-refractivity contribution in [3.63, 3.8) is 0 Å². The van der Waals surface area contributed by atoms with E-state index >= 15 is 0 Å². The van der Waals surface area contributed by atoms with Crippen molar-refractivity contribution in [2.75, 3.05) is 53.1 Å². The lowest BCUT2D eigenvalue weighted by Crippen LogP contribution is -2.44. The van der Waals surface area contributed by atoms with E-state index < -0.39 is 10.0 Å². The van der Waals surface area contributed by atoms with E-state index in [2.05, 4.69) is 19.9 Å². The van der Waals surface area contributed by atoms with Gasteiger partial charge in [0.15, 0.2) is 5.96 Å². The minimum Gasteiger partial charge on any atom is -0.355 e. The molecule has 1 saturated carbocycles. The molecular formula is C17H34IN5O3S. The Bertz CT molecular complexity index is 618. The molecule has 1 spiro atoms. The number of likely N-dealkylation sites (tertiary alicyclic amines) is 1. The van der Waals surface area contributed by atoms with Crippen molar-refractivity contribution in [1.29, 1.82) is 0 Å². The molecular weight excluding hydrogens is 481 g/mol. The van der Waals surface area contributed by atoms with Gasteiger partial charge in [-0.05, 0) is 24.7 Å². The number of sulfonamides is 1. The number of nitrogens with zero attached hydrogens (tertiary/aromatic N) is 3. The zero-order valence-corrected chi connectivity index (χ0v) is 19.8. The standard InChI is InChI=1S/C17H33N5O3S.HI/c1-21(2)15(23)13-19-16(18-10-11-20-26(3,24)25)22-12-9-17(14-22)7-5-4-6-8-17;/h20H,4-14H2,1-3H3,(H,18,19);1H. The van der Waals surface area contributed by atoms with Crippen LogP contribution in [0, 0.1) is 5.41 Å². The second kappa shape index (κ2) is 10.8. The second-order valence-electron chi connectivity index (χ2n) is 7.75. The van der Waals surface area contributed by atoms with Gasteiger partial charge < -0.3 is 15.1 Å². The van der Waals surface area contributed by atoms with Crippen molar-refractivity contribution in [2.45, 2.75) is 38.5 Å². The minimum atomic E-state index is -3.20. The van der Waals surface area contributed by atoms with Crippen molar-refractivity contribution >= 4 is 45.9 Å². The Hall–Kier alpha value is -0.620. The Morgan fingerprint density at radius 1 is 1.15 bits per heavy atom. The predicted molar refractivity (Wildman–Crippen MR) is 119 cm³/mol. The van der Waals surface area contributed by atoms with Crippen LogP contribution in [0.4, 0.5) is 0 Å². The fourth-order valence-electron chi connectivity index (χ4n) is 3.79. The molecule has 0 aromatic carbocycles. The Balaban J connectivity index is 0.00000364. The van der Waals surface area contributed by atoms with Crippen molar-refractivity contribution in [1.82, 2.24) is 19.8 Å². The van der Waals surface area contributed by atoms with Gasteiger partial charge >= 0.3 is 0 Å². The van der Waals surface area contributed by atoms with Crippen LogP contribution in [0.1, 0.15) is 38.5 Å². The highest BCUT2D eigenvalue weighted by Gasteiger charge is 2.39. The van der Waals surface area contributed by atoms with E-state index in [0.717, 1.165) is 25.8 Å². The monoisotopic (exact) mass is 515 g/mol. The fraction of sp³-hybridized carbons (Fsp3) is 0.882. The minimum absolute atomic E-state index is 0. The molecule has 1 saturated heterocycles. The molecule has 1 aliphatic carbocycles. The zero-order valence-electron chi connectivity index (χ0n) is 16.7. The lowest BCUT2D eigenvalue weighted by Gasteiger charge is -2.33. The number of guanidine groups is 1. The molecule has 2 fully saturated rings. The summed E-state index contributed by atoms with van der Waals surface area (Å²) >= 11 is 0. The van der Waals surface area contributed by atoms with Crippen LogP contribution in [0.15, 0.2) is 4.99 Å². The summed E-state index contributed by atoms with van der Waals surface area (Å²) in [6.07, 6.45) is 8.76. The summed E-state index contributed by atoms with van der Waals surface area (Å²) in [6.45, 7) is 2.72. The highest BCUT2D eigenvalue weighted by atomic mass is 127. The molecule has 1 amide bonds. The van der Waals surface area contributed by atoms with Crippen LogP contribution in [0.2, 0.25) is 0 Å². The molecule has 2 N–H and O–H groups in total. The Kier molecular flexibility index (Phi) is 9.76. The molecule has 0 aromatic heterocycles. The summed E-state index contributed by atoms with van der Waals surface area (Å²) in [5.74, 6) is 0.656. The van der Waals surface area contributed by atoms with E-state index in [-0.39, 0.29) is 36.4 Å². The average molecular weight is 515 g/mol. The van der Waals surface area contributed by atoms with Gasteiger partial charge in [0.2, 0.25) is 15.9 Å². The number of halogens is 1. The number of aliphatic imine (C=N–C) groups is 1. The summed E-state index contributed by atoms with van der Waals surface area (Å²) in [5, 5.41) is 3.23. The number of hydrogen-bond acceptors (Lipinski definition) is 4. The van der Waals surface area contributed by atoms with Gasteiger partial charge in [0.1, 0.15) is 6.54 Å². The molecule has 2 rings (SSSR count). The van der Waals surface area contributed by atoms with Gasteiger partial charge in [-0.3, -0.25) is 4.79 Å². The first kappa shape index (κ1) is 24.4. The zero-order chi connectivity index (χ0) is 19.2. The number of likely N-dealkylation sites (N-methyl/N-ethyl adjacent to an activating group) is 1. The largest absolute Gasteiger partial charge is 0.355 e. The van der Waals surface area contributed by atoms with Crippen molar-refractivity contribution in [3.8, 4) is 0 Å². The third kappa shape index (κ3) is 8.10. The lowest BCUT2D eigenvalue weighted by atomic mass is 9.73. The van der Waals surface area contributed by atoms with Gasteiger partial charge in [-0.2, -0.15) is 0 Å². The number of amides is 1. The van der Waals surface area contributed by atoms with Crippen LogP contribution < -0.4 is 10.0 Å². The quantitative estimate of drug-likeness (QED) is 0.237. The number of rotatable bonds is 6. The first-order chi connectivity index (χ1) is 12.2. The lowest BCUT2D eigenvalue weighted by molar-refractivity contribution is -0.127. The number of carbonyl (C=O) groups excluding carboxylic acids is 1. The third-order valence-corrected chi connectivity index (χ3v) is 6.02. The van der Waals surface area contributed by atoms with E-state index in [1.54, 1.807) is 14.1 Å². The van der Waals surface area contributed by atoms with E-state index in [1.807, 2.05) is 0 Å². The summed E-state index contributed by atoms with van der Waals surface area (Å²) in [6, 6.07) is 0. The highest BCUT2D eigenvalue weighted by molar-refractivity contribution is 14.0. The van der Waals surface area contributed by atoms with Crippen LogP contribution in [0.5, 0.6) is 0 Å². The van der Waals surface area contributed by atoms with Gasteiger partial charge in [-0.15, -0.1) is 24.0 Å². The second-order valence-corrected chi connectivity index (χ2v) is 9.59. The van der Waals surface area contributed by atoms with Gasteiger partial charge in [0.25, 0.3) is 0 Å². The molecule has 0 atom stereocenters. The topological polar surface area (TPSA) is 94.1 Å². The first-order valence-corrected chi connectivity index (χ1v) is 11.3. The van der Waals surface area contributed by atoms with Crippen LogP contribution in [0.3, 0.4) is 0 Å². The molecule has 0 bridgehead atoms. The van der Waals surface area contributed by atoms with Gasteiger partial charge in [-0.1, -0.05) is 19.3 Å². The molecule has 1 heterocycles. The van der Waals surface area contributed by atoms with Crippen molar-refractivity contribution in [2.24, 2.45) is 10.4 Å². The summed E-state index contributed by atoms with van der Waals surface area (Å²) in [5.41, 5.74) is 0.386. The maximum atomic E-state index is 11.9. The maximum absolute atomic E-state index is 11.9. The molecule has 8 nitrogen and oxygen atoms in total. The Labute approximate surface area is 180 Å². The van der Waals surface area contributed by atoms with Crippen LogP contribution in [0.25, 0.3) is 0 Å². The van der Waals surface area contributed by atoms with E-state index in [4.69, 9.17) is 0 Å².